The minimum atomic E-state index is -0.419. The Kier molecular flexibility index (Phi) is 4.64. The first-order valence-corrected chi connectivity index (χ1v) is 13.1. The fourth-order valence-corrected chi connectivity index (χ4v) is 9.61. The molecule has 2 saturated heterocycles. The average molecular weight is 431 g/mol. The van der Waals surface area contributed by atoms with Gasteiger partial charge >= 0.3 is 0 Å². The van der Waals surface area contributed by atoms with Gasteiger partial charge in [-0.15, -0.1) is 0 Å². The SMILES string of the molecule is C[C@H]1CC[C@@]2(OC1)O[C@H]1C[C@@H]3[C@@H]4CC=C5C[C@@H](O)CC[C@]5(C)[C@@H]4C[C@@H](O)[C@]3(C)[C@H]1[C@@H]2C. The minimum absolute atomic E-state index is 0.0863. The maximum atomic E-state index is 11.8. The summed E-state index contributed by atoms with van der Waals surface area (Å²) < 4.78 is 13.2. The van der Waals surface area contributed by atoms with Crippen molar-refractivity contribution in [1.82, 2.24) is 0 Å². The van der Waals surface area contributed by atoms with Gasteiger partial charge in [0.15, 0.2) is 5.79 Å². The van der Waals surface area contributed by atoms with Gasteiger partial charge in [0.05, 0.1) is 24.9 Å². The monoisotopic (exact) mass is 430 g/mol. The smallest absolute Gasteiger partial charge is 0.171 e. The number of fused-ring (bicyclic) bond motifs is 7. The highest BCUT2D eigenvalue weighted by molar-refractivity contribution is 5.27. The van der Waals surface area contributed by atoms with Crippen LogP contribution in [0.15, 0.2) is 11.6 Å². The molecular formula is C27H42O4. The predicted octanol–water partition coefficient (Wildman–Crippen LogP) is 4.68. The number of ether oxygens (including phenoxy) is 2. The van der Waals surface area contributed by atoms with Crippen molar-refractivity contribution < 1.29 is 19.7 Å². The molecule has 0 aromatic carbocycles. The fourth-order valence-electron chi connectivity index (χ4n) is 9.61. The molecule has 0 radical (unpaired) electrons. The van der Waals surface area contributed by atoms with Crippen LogP contribution in [-0.4, -0.2) is 40.9 Å². The zero-order valence-corrected chi connectivity index (χ0v) is 19.8. The number of aliphatic hydroxyl groups is 2. The van der Waals surface area contributed by atoms with E-state index in [4.69, 9.17) is 9.47 Å². The summed E-state index contributed by atoms with van der Waals surface area (Å²) in [7, 11) is 0. The van der Waals surface area contributed by atoms with Crippen LogP contribution >= 0.6 is 0 Å². The van der Waals surface area contributed by atoms with E-state index in [1.807, 2.05) is 0 Å². The van der Waals surface area contributed by atoms with Gasteiger partial charge in [0.2, 0.25) is 0 Å². The lowest BCUT2D eigenvalue weighted by molar-refractivity contribution is -0.273. The topological polar surface area (TPSA) is 58.9 Å². The maximum absolute atomic E-state index is 11.8. The molecule has 5 fully saturated rings. The first-order valence-electron chi connectivity index (χ1n) is 13.1. The Morgan fingerprint density at radius 1 is 1.03 bits per heavy atom. The third kappa shape index (κ3) is 2.68. The first kappa shape index (κ1) is 21.1. The number of allylic oxidation sites excluding steroid dienone is 1. The molecule has 0 bridgehead atoms. The van der Waals surface area contributed by atoms with Crippen LogP contribution in [0.25, 0.3) is 0 Å². The van der Waals surface area contributed by atoms with Gasteiger partial charge in [0.25, 0.3) is 0 Å². The molecule has 2 aliphatic heterocycles. The second-order valence-electron chi connectivity index (χ2n) is 12.7. The zero-order valence-electron chi connectivity index (χ0n) is 19.8. The molecule has 2 heterocycles. The molecule has 0 unspecified atom stereocenters. The van der Waals surface area contributed by atoms with Gasteiger partial charge in [-0.1, -0.05) is 39.3 Å². The van der Waals surface area contributed by atoms with Gasteiger partial charge < -0.3 is 19.7 Å². The summed E-state index contributed by atoms with van der Waals surface area (Å²) in [6.07, 6.45) is 10.3. The molecule has 2 N–H and O–H groups in total. The second-order valence-corrected chi connectivity index (χ2v) is 12.7. The van der Waals surface area contributed by atoms with E-state index in [9.17, 15) is 10.2 Å². The molecule has 0 amide bonds. The molecule has 0 aromatic heterocycles. The van der Waals surface area contributed by atoms with E-state index in [0.29, 0.717) is 35.5 Å². The van der Waals surface area contributed by atoms with Gasteiger partial charge in [0.1, 0.15) is 0 Å². The van der Waals surface area contributed by atoms with Crippen molar-refractivity contribution in [3.63, 3.8) is 0 Å². The Morgan fingerprint density at radius 3 is 2.58 bits per heavy atom. The van der Waals surface area contributed by atoms with Crippen molar-refractivity contribution >= 4 is 0 Å². The van der Waals surface area contributed by atoms with Crippen LogP contribution in [0.2, 0.25) is 0 Å². The lowest BCUT2D eigenvalue weighted by atomic mass is 9.46. The van der Waals surface area contributed by atoms with Gasteiger partial charge in [-0.3, -0.25) is 0 Å². The van der Waals surface area contributed by atoms with E-state index in [1.54, 1.807) is 0 Å². The Bertz CT molecular complexity index is 769. The van der Waals surface area contributed by atoms with Gasteiger partial charge in [0, 0.05) is 23.7 Å². The molecule has 6 aliphatic rings. The molecule has 1 spiro atoms. The molecule has 4 aliphatic carbocycles. The highest BCUT2D eigenvalue weighted by atomic mass is 16.7. The summed E-state index contributed by atoms with van der Waals surface area (Å²) in [5.74, 6) is 2.58. The Morgan fingerprint density at radius 2 is 1.84 bits per heavy atom. The molecule has 3 saturated carbocycles. The molecule has 0 aromatic rings. The second kappa shape index (κ2) is 6.81. The molecule has 174 valence electrons. The van der Waals surface area contributed by atoms with Gasteiger partial charge in [-0.05, 0) is 74.0 Å². The first-order chi connectivity index (χ1) is 14.7. The molecule has 4 heteroatoms. The average Bonchev–Trinajstić information content (AvgIpc) is 3.18. The lowest BCUT2D eigenvalue weighted by Crippen LogP contribution is -2.57. The largest absolute Gasteiger partial charge is 0.393 e. The predicted molar refractivity (Wildman–Crippen MR) is 119 cm³/mol. The molecule has 12 atom stereocenters. The number of rotatable bonds is 0. The van der Waals surface area contributed by atoms with Crippen molar-refractivity contribution in [1.29, 1.82) is 0 Å². The minimum Gasteiger partial charge on any atom is -0.393 e. The number of aliphatic hydroxyl groups excluding tert-OH is 2. The molecule has 31 heavy (non-hydrogen) atoms. The van der Waals surface area contributed by atoms with Crippen LogP contribution in [0.1, 0.15) is 79.1 Å². The zero-order chi connectivity index (χ0) is 21.8. The Balaban J connectivity index is 1.32. The summed E-state index contributed by atoms with van der Waals surface area (Å²) >= 11 is 0. The highest BCUT2D eigenvalue weighted by Gasteiger charge is 2.71. The van der Waals surface area contributed by atoms with Crippen LogP contribution in [0.3, 0.4) is 0 Å². The van der Waals surface area contributed by atoms with Crippen LogP contribution in [0.4, 0.5) is 0 Å². The summed E-state index contributed by atoms with van der Waals surface area (Å²) in [5.41, 5.74) is 1.53. The highest BCUT2D eigenvalue weighted by Crippen LogP contribution is 2.70. The molecular weight excluding hydrogens is 388 g/mol. The summed E-state index contributed by atoms with van der Waals surface area (Å²) in [6, 6.07) is 0. The Hall–Kier alpha value is -0.420. The van der Waals surface area contributed by atoms with E-state index in [2.05, 4.69) is 33.8 Å². The number of hydrogen-bond donors (Lipinski definition) is 2. The summed E-state index contributed by atoms with van der Waals surface area (Å²) in [4.78, 5) is 0. The maximum Gasteiger partial charge on any atom is 0.171 e. The third-order valence-electron chi connectivity index (χ3n) is 11.5. The van der Waals surface area contributed by atoms with Crippen LogP contribution in [-0.2, 0) is 9.47 Å². The summed E-state index contributed by atoms with van der Waals surface area (Å²) in [5, 5.41) is 22.0. The van der Waals surface area contributed by atoms with E-state index in [1.165, 1.54) is 12.0 Å². The standard InChI is InChI=1S/C27H42O4/c1-15-7-10-27(30-14-15)16(2)24-22(31-27)12-21-19-6-5-17-11-18(28)8-9-25(17,3)20(19)13-23(29)26(21,24)4/h5,15-16,18-24,28-29H,6-14H2,1-4H3/t15-,16-,18-,19+,20+,21+,22-,23+,24-,25-,26+,27+/m0/s1. The Labute approximate surface area is 187 Å². The van der Waals surface area contributed by atoms with Crippen molar-refractivity contribution in [2.24, 2.45) is 46.3 Å². The van der Waals surface area contributed by atoms with E-state index >= 15 is 0 Å². The van der Waals surface area contributed by atoms with Crippen LogP contribution in [0, 0.1) is 46.3 Å². The van der Waals surface area contributed by atoms with Crippen molar-refractivity contribution in [2.75, 3.05) is 6.61 Å². The third-order valence-corrected chi connectivity index (χ3v) is 11.5. The van der Waals surface area contributed by atoms with E-state index in [-0.39, 0.29) is 29.1 Å². The van der Waals surface area contributed by atoms with Gasteiger partial charge in [-0.2, -0.15) is 0 Å². The quantitative estimate of drug-likeness (QED) is 0.548. The fraction of sp³-hybridized carbons (Fsp3) is 0.926. The molecule has 4 nitrogen and oxygen atoms in total. The van der Waals surface area contributed by atoms with E-state index in [0.717, 1.165) is 51.6 Å². The van der Waals surface area contributed by atoms with Gasteiger partial charge in [-0.25, -0.2) is 0 Å². The normalized spacial score (nSPS) is 60.7. The number of hydrogen-bond acceptors (Lipinski definition) is 4. The molecule has 6 rings (SSSR count). The summed E-state index contributed by atoms with van der Waals surface area (Å²) in [6.45, 7) is 10.2. The van der Waals surface area contributed by atoms with Crippen LogP contribution in [0.5, 0.6) is 0 Å². The van der Waals surface area contributed by atoms with E-state index < -0.39 is 5.79 Å². The lowest BCUT2D eigenvalue weighted by Gasteiger charge is -2.60. The van der Waals surface area contributed by atoms with Crippen molar-refractivity contribution in [3.8, 4) is 0 Å². The van der Waals surface area contributed by atoms with Crippen molar-refractivity contribution in [2.45, 2.75) is 103 Å². The van der Waals surface area contributed by atoms with Crippen molar-refractivity contribution in [3.05, 3.63) is 11.6 Å². The van der Waals surface area contributed by atoms with Crippen LogP contribution < -0.4 is 0 Å².